The molecule has 1 heterocycles. The van der Waals surface area contributed by atoms with Crippen LogP contribution in [0.15, 0.2) is 48.5 Å². The fourth-order valence-electron chi connectivity index (χ4n) is 3.39. The van der Waals surface area contributed by atoms with Gasteiger partial charge >= 0.3 is 11.8 Å². The van der Waals surface area contributed by atoms with E-state index in [2.05, 4.69) is 5.32 Å². The van der Waals surface area contributed by atoms with Crippen molar-refractivity contribution < 1.29 is 14.4 Å². The molecule has 0 radical (unpaired) electrons. The molecular formula is C22H25N3O3. The van der Waals surface area contributed by atoms with Gasteiger partial charge in [0, 0.05) is 38.3 Å². The minimum atomic E-state index is -0.540. The number of carbonyl (C=O) groups is 3. The van der Waals surface area contributed by atoms with Gasteiger partial charge in [-0.3, -0.25) is 14.4 Å². The van der Waals surface area contributed by atoms with Crippen LogP contribution in [0.1, 0.15) is 23.1 Å². The average molecular weight is 379 g/mol. The minimum Gasteiger partial charge on any atom is -0.332 e. The maximum Gasteiger partial charge on any atom is 0.312 e. The van der Waals surface area contributed by atoms with Gasteiger partial charge in [-0.25, -0.2) is 0 Å². The number of carbonyl (C=O) groups excluding carboxylic acids is 3. The lowest BCUT2D eigenvalue weighted by atomic mass is 10.1. The Labute approximate surface area is 165 Å². The molecule has 1 aliphatic rings. The van der Waals surface area contributed by atoms with E-state index in [4.69, 9.17) is 0 Å². The van der Waals surface area contributed by atoms with Gasteiger partial charge in [0.1, 0.15) is 0 Å². The first-order valence-corrected chi connectivity index (χ1v) is 9.42. The van der Waals surface area contributed by atoms with Crippen LogP contribution in [-0.2, 0) is 20.9 Å². The molecule has 1 aliphatic heterocycles. The Morgan fingerprint density at radius 3 is 2.21 bits per heavy atom. The lowest BCUT2D eigenvalue weighted by Gasteiger charge is -2.33. The number of aryl methyl sites for hydroxylation is 2. The third kappa shape index (κ3) is 4.97. The Bertz CT molecular complexity index is 860. The molecule has 3 amide bonds. The molecule has 0 aromatic heterocycles. The molecule has 28 heavy (non-hydrogen) atoms. The zero-order chi connectivity index (χ0) is 20.1. The number of hydrogen-bond donors (Lipinski definition) is 1. The zero-order valence-corrected chi connectivity index (χ0v) is 16.3. The van der Waals surface area contributed by atoms with E-state index in [1.807, 2.05) is 62.4 Å². The molecule has 1 fully saturated rings. The van der Waals surface area contributed by atoms with Crippen molar-refractivity contribution >= 4 is 23.4 Å². The Kier molecular flexibility index (Phi) is 6.09. The van der Waals surface area contributed by atoms with Crippen molar-refractivity contribution in [1.82, 2.24) is 9.80 Å². The molecule has 1 N–H and O–H groups in total. The summed E-state index contributed by atoms with van der Waals surface area (Å²) in [5, 5.41) is 2.86. The van der Waals surface area contributed by atoms with E-state index in [1.165, 1.54) is 4.90 Å². The Hall–Kier alpha value is -3.15. The number of amides is 3. The maximum atomic E-state index is 12.4. The summed E-state index contributed by atoms with van der Waals surface area (Å²) < 4.78 is 0. The van der Waals surface area contributed by atoms with Gasteiger partial charge < -0.3 is 15.1 Å². The van der Waals surface area contributed by atoms with Crippen LogP contribution in [0.25, 0.3) is 0 Å². The van der Waals surface area contributed by atoms with Gasteiger partial charge in [0.2, 0.25) is 5.91 Å². The minimum absolute atomic E-state index is 0.157. The third-order valence-corrected chi connectivity index (χ3v) is 4.73. The van der Waals surface area contributed by atoms with Crippen molar-refractivity contribution in [1.29, 1.82) is 0 Å². The van der Waals surface area contributed by atoms with Crippen LogP contribution in [-0.4, -0.2) is 47.2 Å². The van der Waals surface area contributed by atoms with Crippen molar-refractivity contribution in [2.75, 3.05) is 25.0 Å². The first kappa shape index (κ1) is 19.6. The van der Waals surface area contributed by atoms with Crippen LogP contribution in [0.4, 0.5) is 5.69 Å². The standard InChI is InChI=1S/C22H25N3O3/c1-16-12-17(2)14-19(13-16)23-20(26)8-9-24-10-11-25(22(28)21(24)27)15-18-6-4-3-5-7-18/h3-7,12-14H,8-11,15H2,1-2H3,(H,23,26). The molecule has 2 aromatic carbocycles. The first-order chi connectivity index (χ1) is 13.4. The molecule has 6 heteroatoms. The van der Waals surface area contributed by atoms with Crippen molar-refractivity contribution in [3.05, 3.63) is 65.2 Å². The Morgan fingerprint density at radius 2 is 1.54 bits per heavy atom. The summed E-state index contributed by atoms with van der Waals surface area (Å²) in [6.07, 6.45) is 0.157. The topological polar surface area (TPSA) is 69.7 Å². The summed E-state index contributed by atoms with van der Waals surface area (Å²) in [6.45, 7) is 5.52. The third-order valence-electron chi connectivity index (χ3n) is 4.73. The number of hydrogen-bond acceptors (Lipinski definition) is 3. The van der Waals surface area contributed by atoms with E-state index < -0.39 is 11.8 Å². The number of piperazine rings is 1. The molecule has 2 aromatic rings. The van der Waals surface area contributed by atoms with E-state index >= 15 is 0 Å². The van der Waals surface area contributed by atoms with Gasteiger partial charge in [-0.2, -0.15) is 0 Å². The highest BCUT2D eigenvalue weighted by Gasteiger charge is 2.32. The summed E-state index contributed by atoms with van der Waals surface area (Å²) in [4.78, 5) is 40.0. The molecule has 0 atom stereocenters. The van der Waals surface area contributed by atoms with E-state index in [9.17, 15) is 14.4 Å². The number of anilines is 1. The van der Waals surface area contributed by atoms with Gasteiger partial charge in [0.25, 0.3) is 0 Å². The highest BCUT2D eigenvalue weighted by molar-refractivity contribution is 6.35. The van der Waals surface area contributed by atoms with Gasteiger partial charge in [-0.15, -0.1) is 0 Å². The van der Waals surface area contributed by atoms with Gasteiger partial charge in [0.15, 0.2) is 0 Å². The molecular weight excluding hydrogens is 354 g/mol. The van der Waals surface area contributed by atoms with E-state index in [-0.39, 0.29) is 18.9 Å². The van der Waals surface area contributed by atoms with Crippen molar-refractivity contribution in [2.45, 2.75) is 26.8 Å². The second-order valence-electron chi connectivity index (χ2n) is 7.18. The van der Waals surface area contributed by atoms with Gasteiger partial charge in [0.05, 0.1) is 0 Å². The lowest BCUT2D eigenvalue weighted by molar-refractivity contribution is -0.156. The van der Waals surface area contributed by atoms with Crippen LogP contribution < -0.4 is 5.32 Å². The molecule has 6 nitrogen and oxygen atoms in total. The predicted molar refractivity (Wildman–Crippen MR) is 108 cm³/mol. The number of nitrogens with zero attached hydrogens (tertiary/aromatic N) is 2. The number of rotatable bonds is 6. The molecule has 146 valence electrons. The summed E-state index contributed by atoms with van der Waals surface area (Å²) >= 11 is 0. The van der Waals surface area contributed by atoms with Gasteiger partial charge in [-0.1, -0.05) is 36.4 Å². The van der Waals surface area contributed by atoms with Crippen LogP contribution >= 0.6 is 0 Å². The Morgan fingerprint density at radius 1 is 0.929 bits per heavy atom. The molecule has 0 unspecified atom stereocenters. The van der Waals surface area contributed by atoms with Crippen LogP contribution in [0.2, 0.25) is 0 Å². The lowest BCUT2D eigenvalue weighted by Crippen LogP contribution is -2.54. The Balaban J connectivity index is 1.51. The quantitative estimate of drug-likeness (QED) is 0.784. The highest BCUT2D eigenvalue weighted by Crippen LogP contribution is 2.15. The molecule has 0 saturated carbocycles. The fourth-order valence-corrected chi connectivity index (χ4v) is 3.39. The van der Waals surface area contributed by atoms with Crippen LogP contribution in [0, 0.1) is 13.8 Å². The van der Waals surface area contributed by atoms with Crippen LogP contribution in [0.3, 0.4) is 0 Å². The summed E-state index contributed by atoms with van der Waals surface area (Å²) in [6, 6.07) is 15.4. The van der Waals surface area contributed by atoms with Gasteiger partial charge in [-0.05, 0) is 42.7 Å². The van der Waals surface area contributed by atoms with Crippen molar-refractivity contribution in [2.24, 2.45) is 0 Å². The molecule has 0 aliphatic carbocycles. The summed E-state index contributed by atoms with van der Waals surface area (Å²) in [7, 11) is 0. The average Bonchev–Trinajstić information content (AvgIpc) is 2.65. The smallest absolute Gasteiger partial charge is 0.312 e. The first-order valence-electron chi connectivity index (χ1n) is 9.42. The molecule has 3 rings (SSSR count). The monoisotopic (exact) mass is 379 g/mol. The maximum absolute atomic E-state index is 12.4. The largest absolute Gasteiger partial charge is 0.332 e. The van der Waals surface area contributed by atoms with Crippen molar-refractivity contribution in [3.63, 3.8) is 0 Å². The zero-order valence-electron chi connectivity index (χ0n) is 16.3. The highest BCUT2D eigenvalue weighted by atomic mass is 16.2. The predicted octanol–water partition coefficient (Wildman–Crippen LogP) is 2.50. The normalized spacial score (nSPS) is 14.4. The number of nitrogens with one attached hydrogen (secondary N) is 1. The second kappa shape index (κ2) is 8.69. The SMILES string of the molecule is Cc1cc(C)cc(NC(=O)CCN2CCN(Cc3ccccc3)C(=O)C2=O)c1. The second-order valence-corrected chi connectivity index (χ2v) is 7.18. The molecule has 0 spiro atoms. The fraction of sp³-hybridized carbons (Fsp3) is 0.318. The van der Waals surface area contributed by atoms with Crippen LogP contribution in [0.5, 0.6) is 0 Å². The van der Waals surface area contributed by atoms with Crippen molar-refractivity contribution in [3.8, 4) is 0 Å². The molecule has 1 saturated heterocycles. The van der Waals surface area contributed by atoms with E-state index in [1.54, 1.807) is 4.90 Å². The number of benzene rings is 2. The van der Waals surface area contributed by atoms with E-state index in [0.717, 1.165) is 22.4 Å². The van der Waals surface area contributed by atoms with E-state index in [0.29, 0.717) is 19.6 Å². The summed E-state index contributed by atoms with van der Waals surface area (Å²) in [5.41, 5.74) is 3.89. The summed E-state index contributed by atoms with van der Waals surface area (Å²) in [5.74, 6) is -1.22. The molecule has 0 bridgehead atoms.